The summed E-state index contributed by atoms with van der Waals surface area (Å²) in [4.78, 5) is 10.9. The Morgan fingerprint density at radius 1 is 0.952 bits per heavy atom. The van der Waals surface area contributed by atoms with Crippen LogP contribution in [-0.4, -0.2) is 52.6 Å². The van der Waals surface area contributed by atoms with Crippen LogP contribution in [0.5, 0.6) is 0 Å². The van der Waals surface area contributed by atoms with E-state index in [1.54, 1.807) is 7.11 Å². The first-order chi connectivity index (χ1) is 10.2. The van der Waals surface area contributed by atoms with Gasteiger partial charge >= 0.3 is 0 Å². The van der Waals surface area contributed by atoms with E-state index in [9.17, 15) is 4.79 Å². The summed E-state index contributed by atoms with van der Waals surface area (Å²) in [5.41, 5.74) is 1.78. The van der Waals surface area contributed by atoms with Crippen molar-refractivity contribution < 1.29 is 19.0 Å². The molecule has 0 aliphatic rings. The highest BCUT2D eigenvalue weighted by atomic mass is 16.5. The fourth-order valence-electron chi connectivity index (χ4n) is 1.61. The van der Waals surface area contributed by atoms with Crippen LogP contribution in [0, 0.1) is 0 Å². The lowest BCUT2D eigenvalue weighted by atomic mass is 10.3. The normalized spacial score (nSPS) is 10.4. The molecule has 0 saturated heterocycles. The van der Waals surface area contributed by atoms with Gasteiger partial charge in [0, 0.05) is 32.0 Å². The third kappa shape index (κ3) is 9.01. The third-order valence-electron chi connectivity index (χ3n) is 2.58. The summed E-state index contributed by atoms with van der Waals surface area (Å²) in [6.45, 7) is 5.18. The van der Waals surface area contributed by atoms with Gasteiger partial charge in [-0.3, -0.25) is 4.79 Å². The molecule has 0 saturated carbocycles. The van der Waals surface area contributed by atoms with Crippen molar-refractivity contribution in [1.82, 2.24) is 0 Å². The first-order valence-electron chi connectivity index (χ1n) is 6.98. The second kappa shape index (κ2) is 11.1. The second-order valence-electron chi connectivity index (χ2n) is 4.40. The largest absolute Gasteiger partial charge is 0.383 e. The van der Waals surface area contributed by atoms with Crippen LogP contribution in [0.4, 0.5) is 11.4 Å². The van der Waals surface area contributed by atoms with Crippen LogP contribution in [0.2, 0.25) is 0 Å². The summed E-state index contributed by atoms with van der Waals surface area (Å²) in [7, 11) is 1.65. The van der Waals surface area contributed by atoms with Crippen molar-refractivity contribution in [2.24, 2.45) is 0 Å². The number of methoxy groups -OCH3 is 1. The predicted octanol–water partition coefficient (Wildman–Crippen LogP) is 1.74. The molecule has 0 fully saturated rings. The van der Waals surface area contributed by atoms with Crippen molar-refractivity contribution in [3.05, 3.63) is 24.3 Å². The topological polar surface area (TPSA) is 68.8 Å². The average Bonchev–Trinajstić information content (AvgIpc) is 2.47. The third-order valence-corrected chi connectivity index (χ3v) is 2.58. The Balaban J connectivity index is 2.03. The molecule has 0 unspecified atom stereocenters. The number of rotatable bonds is 11. The zero-order chi connectivity index (χ0) is 15.3. The molecule has 0 aromatic heterocycles. The number of nitrogens with one attached hydrogen (secondary N) is 2. The van der Waals surface area contributed by atoms with Crippen LogP contribution in [0.25, 0.3) is 0 Å². The molecule has 1 rings (SSSR count). The number of hydrogen-bond donors (Lipinski definition) is 2. The van der Waals surface area contributed by atoms with Crippen LogP contribution in [0.15, 0.2) is 24.3 Å². The molecule has 0 aliphatic carbocycles. The molecule has 6 heteroatoms. The minimum Gasteiger partial charge on any atom is -0.383 e. The highest BCUT2D eigenvalue weighted by Crippen LogP contribution is 2.12. The molecular formula is C15H24N2O4. The summed E-state index contributed by atoms with van der Waals surface area (Å²) in [6.07, 6.45) is 0. The molecule has 0 heterocycles. The SMILES string of the molecule is COCCOCCOCCNc1ccc(NC(C)=O)cc1. The van der Waals surface area contributed by atoms with E-state index in [0.717, 1.165) is 17.9 Å². The van der Waals surface area contributed by atoms with Gasteiger partial charge in [0.05, 0.1) is 33.0 Å². The Kier molecular flexibility index (Phi) is 9.19. The van der Waals surface area contributed by atoms with Crippen molar-refractivity contribution >= 4 is 17.3 Å². The van der Waals surface area contributed by atoms with E-state index in [-0.39, 0.29) is 5.91 Å². The number of carbonyl (C=O) groups excluding carboxylic acids is 1. The Labute approximate surface area is 125 Å². The maximum Gasteiger partial charge on any atom is 0.221 e. The number of amides is 1. The maximum atomic E-state index is 10.9. The summed E-state index contributed by atoms with van der Waals surface area (Å²) in [5.74, 6) is -0.0724. The Morgan fingerprint density at radius 3 is 2.14 bits per heavy atom. The fraction of sp³-hybridized carbons (Fsp3) is 0.533. The summed E-state index contributed by atoms with van der Waals surface area (Å²) in [6, 6.07) is 7.54. The highest BCUT2D eigenvalue weighted by Gasteiger charge is 1.96. The van der Waals surface area contributed by atoms with Crippen molar-refractivity contribution in [2.45, 2.75) is 6.92 Å². The molecule has 2 N–H and O–H groups in total. The van der Waals surface area contributed by atoms with E-state index in [1.807, 2.05) is 24.3 Å². The Morgan fingerprint density at radius 2 is 1.52 bits per heavy atom. The van der Waals surface area contributed by atoms with Gasteiger partial charge in [0.2, 0.25) is 5.91 Å². The second-order valence-corrected chi connectivity index (χ2v) is 4.40. The van der Waals surface area contributed by atoms with Gasteiger partial charge in [0.1, 0.15) is 0 Å². The van der Waals surface area contributed by atoms with Gasteiger partial charge in [-0.1, -0.05) is 0 Å². The Hall–Kier alpha value is -1.63. The van der Waals surface area contributed by atoms with Gasteiger partial charge in [-0.25, -0.2) is 0 Å². The van der Waals surface area contributed by atoms with Gasteiger partial charge in [0.25, 0.3) is 0 Å². The molecule has 1 amide bonds. The van der Waals surface area contributed by atoms with Gasteiger partial charge in [-0.2, -0.15) is 0 Å². The summed E-state index contributed by atoms with van der Waals surface area (Å²) < 4.78 is 15.6. The van der Waals surface area contributed by atoms with Gasteiger partial charge in [-0.15, -0.1) is 0 Å². The van der Waals surface area contributed by atoms with Gasteiger partial charge in [0.15, 0.2) is 0 Å². The number of ether oxygens (including phenoxy) is 3. The molecule has 0 radical (unpaired) electrons. The molecule has 1 aromatic carbocycles. The molecule has 0 atom stereocenters. The van der Waals surface area contributed by atoms with Crippen molar-refractivity contribution in [1.29, 1.82) is 0 Å². The minimum atomic E-state index is -0.0724. The summed E-state index contributed by atoms with van der Waals surface area (Å²) in [5, 5.41) is 5.96. The highest BCUT2D eigenvalue weighted by molar-refractivity contribution is 5.88. The molecular weight excluding hydrogens is 272 g/mol. The summed E-state index contributed by atoms with van der Waals surface area (Å²) >= 11 is 0. The molecule has 6 nitrogen and oxygen atoms in total. The maximum absolute atomic E-state index is 10.9. The number of benzene rings is 1. The van der Waals surface area contributed by atoms with E-state index < -0.39 is 0 Å². The predicted molar refractivity (Wildman–Crippen MR) is 82.7 cm³/mol. The van der Waals surface area contributed by atoms with E-state index in [2.05, 4.69) is 10.6 Å². The molecule has 0 aliphatic heterocycles. The molecule has 0 bridgehead atoms. The lowest BCUT2D eigenvalue weighted by Crippen LogP contribution is -2.13. The zero-order valence-electron chi connectivity index (χ0n) is 12.7. The lowest BCUT2D eigenvalue weighted by molar-refractivity contribution is -0.114. The van der Waals surface area contributed by atoms with Gasteiger partial charge < -0.3 is 24.8 Å². The number of hydrogen-bond acceptors (Lipinski definition) is 5. The van der Waals surface area contributed by atoms with Crippen LogP contribution < -0.4 is 10.6 Å². The first kappa shape index (κ1) is 17.4. The fourth-order valence-corrected chi connectivity index (χ4v) is 1.61. The molecule has 21 heavy (non-hydrogen) atoms. The minimum absolute atomic E-state index is 0.0724. The average molecular weight is 296 g/mol. The standard InChI is InChI=1S/C15H24N2O4/c1-13(18)17-15-5-3-14(4-6-15)16-7-8-20-11-12-21-10-9-19-2/h3-6,16H,7-12H2,1-2H3,(H,17,18). The molecule has 0 spiro atoms. The smallest absolute Gasteiger partial charge is 0.221 e. The van der Waals surface area contributed by atoms with E-state index in [0.29, 0.717) is 33.0 Å². The van der Waals surface area contributed by atoms with Crippen molar-refractivity contribution in [3.63, 3.8) is 0 Å². The molecule has 118 valence electrons. The van der Waals surface area contributed by atoms with Crippen LogP contribution in [0.1, 0.15) is 6.92 Å². The lowest BCUT2D eigenvalue weighted by Gasteiger charge is -2.09. The number of anilines is 2. The molecule has 1 aromatic rings. The van der Waals surface area contributed by atoms with E-state index >= 15 is 0 Å². The first-order valence-corrected chi connectivity index (χ1v) is 6.98. The zero-order valence-corrected chi connectivity index (χ0v) is 12.7. The van der Waals surface area contributed by atoms with Crippen LogP contribution in [0.3, 0.4) is 0 Å². The van der Waals surface area contributed by atoms with Crippen molar-refractivity contribution in [2.75, 3.05) is 57.3 Å². The van der Waals surface area contributed by atoms with E-state index in [1.165, 1.54) is 6.92 Å². The Bertz CT molecular complexity index is 395. The van der Waals surface area contributed by atoms with Crippen LogP contribution >= 0.6 is 0 Å². The van der Waals surface area contributed by atoms with Gasteiger partial charge in [-0.05, 0) is 24.3 Å². The van der Waals surface area contributed by atoms with E-state index in [4.69, 9.17) is 14.2 Å². The van der Waals surface area contributed by atoms with Crippen LogP contribution in [-0.2, 0) is 19.0 Å². The monoisotopic (exact) mass is 296 g/mol. The quantitative estimate of drug-likeness (QED) is 0.609. The number of carbonyl (C=O) groups is 1. The van der Waals surface area contributed by atoms with Crippen molar-refractivity contribution in [3.8, 4) is 0 Å².